The highest BCUT2D eigenvalue weighted by molar-refractivity contribution is 4.87. The normalized spacial score (nSPS) is 25.9. The predicted octanol–water partition coefficient (Wildman–Crippen LogP) is 4.05. The minimum atomic E-state index is 0.660. The Morgan fingerprint density at radius 1 is 1.00 bits per heavy atom. The van der Waals surface area contributed by atoms with Crippen LogP contribution in [0.25, 0.3) is 0 Å². The zero-order valence-electron chi connectivity index (χ0n) is 13.9. The highest BCUT2D eigenvalue weighted by Gasteiger charge is 2.29. The summed E-state index contributed by atoms with van der Waals surface area (Å²) in [5, 5.41) is 3.77. The van der Waals surface area contributed by atoms with Crippen LogP contribution in [0.15, 0.2) is 0 Å². The van der Waals surface area contributed by atoms with Crippen molar-refractivity contribution in [3.63, 3.8) is 0 Å². The Hall–Kier alpha value is -0.0800. The molecule has 0 spiro atoms. The highest BCUT2D eigenvalue weighted by atomic mass is 15.2. The fraction of sp³-hybridized carbons (Fsp3) is 1.00. The van der Waals surface area contributed by atoms with E-state index in [1.807, 2.05) is 0 Å². The molecule has 1 rings (SSSR count). The summed E-state index contributed by atoms with van der Waals surface area (Å²) < 4.78 is 0. The molecule has 0 aliphatic heterocycles. The molecule has 0 bridgehead atoms. The molecule has 2 heteroatoms. The van der Waals surface area contributed by atoms with Crippen molar-refractivity contribution in [2.24, 2.45) is 5.92 Å². The van der Waals surface area contributed by atoms with Crippen molar-refractivity contribution >= 4 is 0 Å². The lowest BCUT2D eigenvalue weighted by atomic mass is 9.90. The second kappa shape index (κ2) is 8.97. The molecule has 1 aliphatic carbocycles. The summed E-state index contributed by atoms with van der Waals surface area (Å²) in [6.45, 7) is 14.0. The average molecular weight is 268 g/mol. The minimum Gasteiger partial charge on any atom is -0.313 e. The molecule has 1 N–H and O–H groups in total. The van der Waals surface area contributed by atoms with E-state index in [4.69, 9.17) is 0 Å². The van der Waals surface area contributed by atoms with E-state index in [2.05, 4.69) is 44.8 Å². The van der Waals surface area contributed by atoms with Gasteiger partial charge in [-0.05, 0) is 39.2 Å². The average Bonchev–Trinajstić information content (AvgIpc) is 2.30. The summed E-state index contributed by atoms with van der Waals surface area (Å²) in [5.41, 5.74) is 0. The lowest BCUT2D eigenvalue weighted by Gasteiger charge is -2.42. The smallest absolute Gasteiger partial charge is 0.0252 e. The van der Waals surface area contributed by atoms with E-state index in [-0.39, 0.29) is 0 Å². The van der Waals surface area contributed by atoms with Crippen LogP contribution in [-0.4, -0.2) is 36.1 Å². The van der Waals surface area contributed by atoms with Gasteiger partial charge in [0.1, 0.15) is 0 Å². The van der Waals surface area contributed by atoms with Gasteiger partial charge in [-0.15, -0.1) is 0 Å². The number of hydrogen-bond donors (Lipinski definition) is 1. The summed E-state index contributed by atoms with van der Waals surface area (Å²) in [4.78, 5) is 2.77. The molecule has 0 aromatic heterocycles. The first-order valence-electron chi connectivity index (χ1n) is 8.55. The van der Waals surface area contributed by atoms with Crippen molar-refractivity contribution in [3.8, 4) is 0 Å². The van der Waals surface area contributed by atoms with Gasteiger partial charge in [0.15, 0.2) is 0 Å². The summed E-state index contributed by atoms with van der Waals surface area (Å²) in [6, 6.07) is 2.10. The van der Waals surface area contributed by atoms with Gasteiger partial charge in [-0.25, -0.2) is 0 Å². The standard InChI is InChI=1S/C17H36N2/c1-6-18-16-11-9-7-8-10-12-17(16)19(15(4)5)13-14(2)3/h14-18H,6-13H2,1-5H3. The SMILES string of the molecule is CCNC1CCCCCCC1N(CC(C)C)C(C)C. The molecule has 0 heterocycles. The molecule has 2 nitrogen and oxygen atoms in total. The lowest BCUT2D eigenvalue weighted by molar-refractivity contribution is 0.0893. The molecule has 2 unspecified atom stereocenters. The summed E-state index contributed by atoms with van der Waals surface area (Å²) in [7, 11) is 0. The molecule has 1 aliphatic rings. The van der Waals surface area contributed by atoms with Crippen LogP contribution in [0.4, 0.5) is 0 Å². The van der Waals surface area contributed by atoms with Gasteiger partial charge in [0.05, 0.1) is 0 Å². The van der Waals surface area contributed by atoms with Crippen LogP contribution in [0, 0.1) is 5.92 Å². The predicted molar refractivity (Wildman–Crippen MR) is 85.6 cm³/mol. The fourth-order valence-electron chi connectivity index (χ4n) is 3.51. The Balaban J connectivity index is 2.77. The molecule has 0 saturated heterocycles. The van der Waals surface area contributed by atoms with Crippen LogP contribution in [0.5, 0.6) is 0 Å². The molecule has 114 valence electrons. The highest BCUT2D eigenvalue weighted by Crippen LogP contribution is 2.24. The van der Waals surface area contributed by atoms with Crippen molar-refractivity contribution in [3.05, 3.63) is 0 Å². The Kier molecular flexibility index (Phi) is 8.01. The summed E-state index contributed by atoms with van der Waals surface area (Å²) >= 11 is 0. The monoisotopic (exact) mass is 268 g/mol. The van der Waals surface area contributed by atoms with E-state index in [0.717, 1.165) is 18.5 Å². The van der Waals surface area contributed by atoms with Gasteiger partial charge < -0.3 is 5.32 Å². The van der Waals surface area contributed by atoms with Crippen LogP contribution in [-0.2, 0) is 0 Å². The fourth-order valence-corrected chi connectivity index (χ4v) is 3.51. The molecule has 19 heavy (non-hydrogen) atoms. The van der Waals surface area contributed by atoms with Crippen molar-refractivity contribution in [2.45, 2.75) is 91.3 Å². The van der Waals surface area contributed by atoms with Crippen molar-refractivity contribution in [1.82, 2.24) is 10.2 Å². The zero-order chi connectivity index (χ0) is 14.3. The summed E-state index contributed by atoms with van der Waals surface area (Å²) in [6.07, 6.45) is 8.42. The van der Waals surface area contributed by atoms with Crippen molar-refractivity contribution in [2.75, 3.05) is 13.1 Å². The Bertz CT molecular complexity index is 225. The van der Waals surface area contributed by atoms with E-state index in [9.17, 15) is 0 Å². The number of rotatable bonds is 6. The molecule has 0 aromatic carbocycles. The van der Waals surface area contributed by atoms with Crippen molar-refractivity contribution < 1.29 is 0 Å². The quantitative estimate of drug-likeness (QED) is 0.781. The van der Waals surface area contributed by atoms with E-state index < -0.39 is 0 Å². The van der Waals surface area contributed by atoms with E-state index in [0.29, 0.717) is 12.1 Å². The van der Waals surface area contributed by atoms with E-state index in [1.165, 1.54) is 45.1 Å². The largest absolute Gasteiger partial charge is 0.313 e. The molecule has 0 radical (unpaired) electrons. The minimum absolute atomic E-state index is 0.660. The number of nitrogens with zero attached hydrogens (tertiary/aromatic N) is 1. The van der Waals surface area contributed by atoms with Gasteiger partial charge in [-0.3, -0.25) is 4.90 Å². The second-order valence-electron chi connectivity index (χ2n) is 6.91. The molecule has 0 aromatic rings. The van der Waals surface area contributed by atoms with E-state index in [1.54, 1.807) is 0 Å². The lowest BCUT2D eigenvalue weighted by Crippen LogP contribution is -2.53. The van der Waals surface area contributed by atoms with Crippen LogP contribution in [0.1, 0.15) is 73.1 Å². The Labute approximate surface area is 121 Å². The van der Waals surface area contributed by atoms with Crippen molar-refractivity contribution in [1.29, 1.82) is 0 Å². The first kappa shape index (κ1) is 17.0. The molecular formula is C17H36N2. The third-order valence-electron chi connectivity index (χ3n) is 4.36. The van der Waals surface area contributed by atoms with Crippen LogP contribution in [0.2, 0.25) is 0 Å². The van der Waals surface area contributed by atoms with E-state index >= 15 is 0 Å². The van der Waals surface area contributed by atoms with Gasteiger partial charge in [0.25, 0.3) is 0 Å². The third kappa shape index (κ3) is 5.83. The van der Waals surface area contributed by atoms with Gasteiger partial charge >= 0.3 is 0 Å². The Morgan fingerprint density at radius 3 is 2.16 bits per heavy atom. The van der Waals surface area contributed by atoms with Gasteiger partial charge in [0.2, 0.25) is 0 Å². The first-order valence-corrected chi connectivity index (χ1v) is 8.55. The topological polar surface area (TPSA) is 15.3 Å². The maximum absolute atomic E-state index is 3.77. The zero-order valence-corrected chi connectivity index (χ0v) is 13.9. The Morgan fingerprint density at radius 2 is 1.63 bits per heavy atom. The number of likely N-dealkylation sites (N-methyl/N-ethyl adjacent to an activating group) is 1. The maximum atomic E-state index is 3.77. The van der Waals surface area contributed by atoms with Gasteiger partial charge in [0, 0.05) is 24.7 Å². The molecular weight excluding hydrogens is 232 g/mol. The van der Waals surface area contributed by atoms with Gasteiger partial charge in [-0.1, -0.05) is 46.5 Å². The summed E-state index contributed by atoms with van der Waals surface area (Å²) in [5.74, 6) is 0.759. The molecule has 1 fully saturated rings. The second-order valence-corrected chi connectivity index (χ2v) is 6.91. The third-order valence-corrected chi connectivity index (χ3v) is 4.36. The van der Waals surface area contributed by atoms with Gasteiger partial charge in [-0.2, -0.15) is 0 Å². The number of hydrogen-bond acceptors (Lipinski definition) is 2. The van der Waals surface area contributed by atoms with Crippen LogP contribution >= 0.6 is 0 Å². The molecule has 2 atom stereocenters. The van der Waals surface area contributed by atoms with Crippen LogP contribution in [0.3, 0.4) is 0 Å². The molecule has 1 saturated carbocycles. The van der Waals surface area contributed by atoms with Crippen LogP contribution < -0.4 is 5.32 Å². The number of nitrogens with one attached hydrogen (secondary N) is 1. The first-order chi connectivity index (χ1) is 9.06. The molecule has 0 amide bonds. The maximum Gasteiger partial charge on any atom is 0.0252 e.